The van der Waals surface area contributed by atoms with Crippen LogP contribution in [0, 0.1) is 0 Å². The molecule has 3 N–H and O–H groups in total. The normalized spacial score (nSPS) is 11.2. The number of nitrogens with one attached hydrogen (secondary N) is 1. The third kappa shape index (κ3) is 3.61. The third-order valence-electron chi connectivity index (χ3n) is 2.71. The fourth-order valence-electron chi connectivity index (χ4n) is 1.60. The number of hydrogen-bond acceptors (Lipinski definition) is 4. The van der Waals surface area contributed by atoms with Crippen LogP contribution in [-0.2, 0) is 10.0 Å². The van der Waals surface area contributed by atoms with Gasteiger partial charge in [0.05, 0.1) is 28.4 Å². The lowest BCUT2D eigenvalue weighted by Gasteiger charge is -2.12. The van der Waals surface area contributed by atoms with Gasteiger partial charge >= 0.3 is 0 Å². The highest BCUT2D eigenvalue weighted by molar-refractivity contribution is 9.10. The summed E-state index contributed by atoms with van der Waals surface area (Å²) in [6, 6.07) is 9.04. The van der Waals surface area contributed by atoms with Crippen LogP contribution in [0.25, 0.3) is 0 Å². The summed E-state index contributed by atoms with van der Waals surface area (Å²) in [5.41, 5.74) is 6.32. The van der Waals surface area contributed by atoms with E-state index in [2.05, 4.69) is 20.7 Å². The van der Waals surface area contributed by atoms with Gasteiger partial charge in [0.1, 0.15) is 5.75 Å². The Kier molecular flexibility index (Phi) is 4.65. The summed E-state index contributed by atoms with van der Waals surface area (Å²) < 4.78 is 32.7. The first-order chi connectivity index (χ1) is 9.83. The number of rotatable bonds is 4. The molecule has 2 aromatic rings. The predicted molar refractivity (Wildman–Crippen MR) is 87.4 cm³/mol. The van der Waals surface area contributed by atoms with Crippen molar-refractivity contribution in [2.75, 3.05) is 17.6 Å². The Hall–Kier alpha value is -1.44. The van der Waals surface area contributed by atoms with Crippen molar-refractivity contribution in [3.63, 3.8) is 0 Å². The van der Waals surface area contributed by atoms with E-state index in [1.807, 2.05) is 0 Å². The Labute approximate surface area is 136 Å². The molecule has 5 nitrogen and oxygen atoms in total. The largest absolute Gasteiger partial charge is 0.497 e. The zero-order valence-corrected chi connectivity index (χ0v) is 14.1. The molecule has 0 saturated heterocycles. The van der Waals surface area contributed by atoms with Gasteiger partial charge in [-0.2, -0.15) is 0 Å². The predicted octanol–water partition coefficient (Wildman–Crippen LogP) is 3.49. The van der Waals surface area contributed by atoms with E-state index in [-0.39, 0.29) is 10.6 Å². The van der Waals surface area contributed by atoms with E-state index in [4.69, 9.17) is 22.1 Å². The van der Waals surface area contributed by atoms with Crippen molar-refractivity contribution in [3.8, 4) is 5.75 Å². The van der Waals surface area contributed by atoms with Crippen LogP contribution in [0.5, 0.6) is 5.75 Å². The summed E-state index contributed by atoms with van der Waals surface area (Å²) in [6.45, 7) is 0. The van der Waals surface area contributed by atoms with Crippen LogP contribution in [0.4, 0.5) is 11.4 Å². The summed E-state index contributed by atoms with van der Waals surface area (Å²) in [7, 11) is -2.29. The van der Waals surface area contributed by atoms with Gasteiger partial charge in [-0.25, -0.2) is 8.42 Å². The monoisotopic (exact) mass is 390 g/mol. The molecule has 0 atom stereocenters. The van der Waals surface area contributed by atoms with Crippen LogP contribution in [0.15, 0.2) is 45.8 Å². The van der Waals surface area contributed by atoms with Crippen molar-refractivity contribution in [1.82, 2.24) is 0 Å². The van der Waals surface area contributed by atoms with Crippen molar-refractivity contribution in [2.45, 2.75) is 4.90 Å². The molecule has 0 amide bonds. The van der Waals surface area contributed by atoms with Gasteiger partial charge in [0.2, 0.25) is 0 Å². The van der Waals surface area contributed by atoms with Gasteiger partial charge in [0.25, 0.3) is 10.0 Å². The second-order valence-corrected chi connectivity index (χ2v) is 7.08. The molecule has 0 fully saturated rings. The fraction of sp³-hybridized carbons (Fsp3) is 0.0769. The molecule has 0 radical (unpaired) electrons. The molecule has 21 heavy (non-hydrogen) atoms. The van der Waals surface area contributed by atoms with E-state index in [1.165, 1.54) is 31.4 Å². The zero-order chi connectivity index (χ0) is 15.6. The molecule has 0 unspecified atom stereocenters. The van der Waals surface area contributed by atoms with Crippen molar-refractivity contribution in [1.29, 1.82) is 0 Å². The molecule has 2 rings (SSSR count). The summed E-state index contributed by atoms with van der Waals surface area (Å²) in [4.78, 5) is 0.0704. The van der Waals surface area contributed by atoms with E-state index in [0.717, 1.165) is 0 Å². The average molecular weight is 392 g/mol. The molecule has 0 heterocycles. The molecule has 0 spiro atoms. The molecule has 0 aliphatic heterocycles. The van der Waals surface area contributed by atoms with Gasteiger partial charge in [-0.15, -0.1) is 0 Å². The second kappa shape index (κ2) is 6.13. The number of sulfonamides is 1. The molecule has 112 valence electrons. The van der Waals surface area contributed by atoms with Gasteiger partial charge in [0.15, 0.2) is 0 Å². The van der Waals surface area contributed by atoms with Crippen LogP contribution in [0.2, 0.25) is 5.02 Å². The Morgan fingerprint density at radius 3 is 2.57 bits per heavy atom. The van der Waals surface area contributed by atoms with Crippen molar-refractivity contribution in [2.24, 2.45) is 0 Å². The van der Waals surface area contributed by atoms with E-state index in [1.54, 1.807) is 12.1 Å². The number of ether oxygens (including phenoxy) is 1. The van der Waals surface area contributed by atoms with Gasteiger partial charge in [-0.3, -0.25) is 4.72 Å². The van der Waals surface area contributed by atoms with E-state index in [9.17, 15) is 8.42 Å². The maximum absolute atomic E-state index is 12.3. The highest BCUT2D eigenvalue weighted by atomic mass is 79.9. The standard InChI is InChI=1S/C13H12BrClN2O3S/c1-20-8-2-5-12(16)13(6-8)17-21(18,19)9-3-4-11(15)10(14)7-9/h2-7,17H,16H2,1H3. The number of methoxy groups -OCH3 is 1. The molecule has 2 aromatic carbocycles. The SMILES string of the molecule is COc1ccc(N)c(NS(=O)(=O)c2ccc(Cl)c(Br)c2)c1. The van der Waals surface area contributed by atoms with E-state index >= 15 is 0 Å². The van der Waals surface area contributed by atoms with Gasteiger partial charge in [0, 0.05) is 10.5 Å². The first-order valence-electron chi connectivity index (χ1n) is 5.75. The topological polar surface area (TPSA) is 81.4 Å². The molecular formula is C13H12BrClN2O3S. The number of anilines is 2. The lowest BCUT2D eigenvalue weighted by Crippen LogP contribution is -2.14. The van der Waals surface area contributed by atoms with Crippen LogP contribution in [0.3, 0.4) is 0 Å². The summed E-state index contributed by atoms with van der Waals surface area (Å²) >= 11 is 9.05. The minimum Gasteiger partial charge on any atom is -0.497 e. The number of benzene rings is 2. The van der Waals surface area contributed by atoms with Crippen LogP contribution in [0.1, 0.15) is 0 Å². The zero-order valence-electron chi connectivity index (χ0n) is 10.9. The van der Waals surface area contributed by atoms with Crippen LogP contribution in [-0.4, -0.2) is 15.5 Å². The number of hydrogen-bond donors (Lipinski definition) is 2. The summed E-state index contributed by atoms with van der Waals surface area (Å²) in [5, 5.41) is 0.426. The molecule has 8 heteroatoms. The molecule has 0 bridgehead atoms. The summed E-state index contributed by atoms with van der Waals surface area (Å²) in [6.07, 6.45) is 0. The molecule has 0 aromatic heterocycles. The average Bonchev–Trinajstić information content (AvgIpc) is 2.44. The van der Waals surface area contributed by atoms with E-state index in [0.29, 0.717) is 20.9 Å². The number of nitrogen functional groups attached to an aromatic ring is 1. The lowest BCUT2D eigenvalue weighted by atomic mass is 10.2. The maximum Gasteiger partial charge on any atom is 0.262 e. The third-order valence-corrected chi connectivity index (χ3v) is 5.28. The first-order valence-corrected chi connectivity index (χ1v) is 8.40. The van der Waals surface area contributed by atoms with Crippen molar-refractivity contribution >= 4 is 48.9 Å². The van der Waals surface area contributed by atoms with Gasteiger partial charge in [-0.05, 0) is 46.3 Å². The highest BCUT2D eigenvalue weighted by Crippen LogP contribution is 2.29. The summed E-state index contributed by atoms with van der Waals surface area (Å²) in [5.74, 6) is 0.499. The minimum absolute atomic E-state index is 0.0704. The number of halogens is 2. The van der Waals surface area contributed by atoms with Crippen LogP contribution < -0.4 is 15.2 Å². The Bertz CT molecular complexity index is 781. The van der Waals surface area contributed by atoms with Gasteiger partial charge in [-0.1, -0.05) is 11.6 Å². The van der Waals surface area contributed by atoms with E-state index < -0.39 is 10.0 Å². The smallest absolute Gasteiger partial charge is 0.262 e. The second-order valence-electron chi connectivity index (χ2n) is 4.13. The van der Waals surface area contributed by atoms with Crippen LogP contribution >= 0.6 is 27.5 Å². The molecular weight excluding hydrogens is 380 g/mol. The molecule has 0 aliphatic rings. The Morgan fingerprint density at radius 1 is 1.24 bits per heavy atom. The lowest BCUT2D eigenvalue weighted by molar-refractivity contribution is 0.415. The Morgan fingerprint density at radius 2 is 1.95 bits per heavy atom. The number of nitrogens with two attached hydrogens (primary N) is 1. The first kappa shape index (κ1) is 15.9. The maximum atomic E-state index is 12.3. The molecule has 0 aliphatic carbocycles. The fourth-order valence-corrected chi connectivity index (χ4v) is 3.35. The quantitative estimate of drug-likeness (QED) is 0.782. The van der Waals surface area contributed by atoms with Crippen molar-refractivity contribution < 1.29 is 13.2 Å². The minimum atomic E-state index is -3.77. The molecule has 0 saturated carbocycles. The van der Waals surface area contributed by atoms with Gasteiger partial charge < -0.3 is 10.5 Å². The Balaban J connectivity index is 2.39. The highest BCUT2D eigenvalue weighted by Gasteiger charge is 2.17. The van der Waals surface area contributed by atoms with Crippen molar-refractivity contribution in [3.05, 3.63) is 45.9 Å².